The molecule has 1 heterocycles. The van der Waals surface area contributed by atoms with Crippen LogP contribution in [0.4, 0.5) is 0 Å². The van der Waals surface area contributed by atoms with Gasteiger partial charge in [0.25, 0.3) is 0 Å². The Morgan fingerprint density at radius 3 is 2.41 bits per heavy atom. The van der Waals surface area contributed by atoms with E-state index in [1.165, 1.54) is 5.56 Å². The van der Waals surface area contributed by atoms with Crippen LogP contribution < -0.4 is 15.2 Å². The van der Waals surface area contributed by atoms with Crippen LogP contribution >= 0.6 is 0 Å². The van der Waals surface area contributed by atoms with Crippen molar-refractivity contribution < 1.29 is 9.47 Å². The first kappa shape index (κ1) is 12.2. The van der Waals surface area contributed by atoms with Crippen molar-refractivity contribution in [2.24, 2.45) is 5.73 Å². The molecule has 0 aliphatic carbocycles. The van der Waals surface area contributed by atoms with Gasteiger partial charge in [-0.05, 0) is 37.0 Å². The fourth-order valence-electron chi connectivity index (χ4n) is 2.10. The first-order chi connectivity index (χ1) is 8.17. The van der Waals surface area contributed by atoms with E-state index in [-0.39, 0.29) is 5.54 Å². The molecule has 17 heavy (non-hydrogen) atoms. The second-order valence-corrected chi connectivity index (χ2v) is 4.72. The van der Waals surface area contributed by atoms with Gasteiger partial charge in [0.1, 0.15) is 13.2 Å². The largest absolute Gasteiger partial charge is 0.486 e. The summed E-state index contributed by atoms with van der Waals surface area (Å²) in [6, 6.07) is 6.12. The average molecular weight is 235 g/mol. The third-order valence-corrected chi connectivity index (χ3v) is 3.57. The molecule has 1 aliphatic heterocycles. The van der Waals surface area contributed by atoms with Crippen molar-refractivity contribution in [3.63, 3.8) is 0 Å². The van der Waals surface area contributed by atoms with Gasteiger partial charge in [-0.3, -0.25) is 0 Å². The molecule has 0 amide bonds. The maximum Gasteiger partial charge on any atom is 0.161 e. The molecule has 0 aromatic heterocycles. The summed E-state index contributed by atoms with van der Waals surface area (Å²) >= 11 is 0. The maximum atomic E-state index is 6.33. The Kier molecular flexibility index (Phi) is 3.57. The van der Waals surface area contributed by atoms with Gasteiger partial charge in [-0.2, -0.15) is 0 Å². The molecule has 0 spiro atoms. The molecular formula is C14H21NO2. The van der Waals surface area contributed by atoms with Crippen molar-refractivity contribution in [1.29, 1.82) is 0 Å². The van der Waals surface area contributed by atoms with Gasteiger partial charge < -0.3 is 15.2 Å². The molecule has 0 saturated heterocycles. The number of benzene rings is 1. The molecule has 3 heteroatoms. The number of fused-ring (bicyclic) bond motifs is 1. The van der Waals surface area contributed by atoms with E-state index in [2.05, 4.69) is 26.0 Å². The number of ether oxygens (including phenoxy) is 2. The zero-order valence-electron chi connectivity index (χ0n) is 10.7. The fraction of sp³-hybridized carbons (Fsp3) is 0.571. The average Bonchev–Trinajstić information content (AvgIpc) is 2.38. The van der Waals surface area contributed by atoms with Crippen LogP contribution in [0.5, 0.6) is 11.5 Å². The van der Waals surface area contributed by atoms with Gasteiger partial charge in [-0.15, -0.1) is 0 Å². The van der Waals surface area contributed by atoms with Crippen LogP contribution in [-0.4, -0.2) is 18.8 Å². The molecule has 94 valence electrons. The Hall–Kier alpha value is -1.22. The van der Waals surface area contributed by atoms with Crippen LogP contribution in [0.25, 0.3) is 0 Å². The monoisotopic (exact) mass is 235 g/mol. The van der Waals surface area contributed by atoms with Gasteiger partial charge in [-0.25, -0.2) is 0 Å². The first-order valence-electron chi connectivity index (χ1n) is 6.34. The van der Waals surface area contributed by atoms with Gasteiger partial charge in [0.15, 0.2) is 11.5 Å². The smallest absolute Gasteiger partial charge is 0.161 e. The zero-order valence-corrected chi connectivity index (χ0v) is 10.7. The van der Waals surface area contributed by atoms with Crippen molar-refractivity contribution >= 4 is 0 Å². The zero-order chi connectivity index (χ0) is 12.3. The highest BCUT2D eigenvalue weighted by molar-refractivity contribution is 5.44. The maximum absolute atomic E-state index is 6.33. The second kappa shape index (κ2) is 4.96. The Balaban J connectivity index is 2.17. The first-order valence-corrected chi connectivity index (χ1v) is 6.34. The van der Waals surface area contributed by atoms with Crippen LogP contribution in [0.1, 0.15) is 32.3 Å². The van der Waals surface area contributed by atoms with Crippen LogP contribution in [0.2, 0.25) is 0 Å². The van der Waals surface area contributed by atoms with E-state index in [1.54, 1.807) is 0 Å². The minimum atomic E-state index is -0.107. The molecule has 0 atom stereocenters. The molecule has 1 aromatic rings. The standard InChI is InChI=1S/C14H21NO2/c1-3-14(15,4-2)10-11-5-6-12-13(9-11)17-8-7-16-12/h5-6,9H,3-4,7-8,10,15H2,1-2H3. The van der Waals surface area contributed by atoms with Crippen molar-refractivity contribution in [1.82, 2.24) is 0 Å². The van der Waals surface area contributed by atoms with Crippen LogP contribution in [0, 0.1) is 0 Å². The minimum Gasteiger partial charge on any atom is -0.486 e. The van der Waals surface area contributed by atoms with E-state index in [4.69, 9.17) is 15.2 Å². The van der Waals surface area contributed by atoms with E-state index in [0.717, 1.165) is 30.8 Å². The predicted octanol–water partition coefficient (Wildman–Crippen LogP) is 2.52. The SMILES string of the molecule is CCC(N)(CC)Cc1ccc2c(c1)OCCO2. The lowest BCUT2D eigenvalue weighted by molar-refractivity contribution is 0.171. The van der Waals surface area contributed by atoms with Crippen molar-refractivity contribution in [2.75, 3.05) is 13.2 Å². The molecule has 2 N–H and O–H groups in total. The molecule has 0 fully saturated rings. The Labute approximate surface area is 103 Å². The molecule has 0 bridgehead atoms. The van der Waals surface area contributed by atoms with Gasteiger partial charge in [0, 0.05) is 5.54 Å². The minimum absolute atomic E-state index is 0.107. The summed E-state index contributed by atoms with van der Waals surface area (Å²) in [6.07, 6.45) is 2.85. The highest BCUT2D eigenvalue weighted by Crippen LogP contribution is 2.32. The third-order valence-electron chi connectivity index (χ3n) is 3.57. The number of nitrogens with two attached hydrogens (primary N) is 1. The summed E-state index contributed by atoms with van der Waals surface area (Å²) in [5.41, 5.74) is 7.45. The van der Waals surface area contributed by atoms with Gasteiger partial charge >= 0.3 is 0 Å². The van der Waals surface area contributed by atoms with Crippen molar-refractivity contribution in [2.45, 2.75) is 38.6 Å². The molecule has 3 nitrogen and oxygen atoms in total. The molecule has 0 unspecified atom stereocenters. The molecule has 2 rings (SSSR count). The van der Waals surface area contributed by atoms with E-state index >= 15 is 0 Å². The Morgan fingerprint density at radius 1 is 1.12 bits per heavy atom. The van der Waals surface area contributed by atoms with Gasteiger partial charge in [0.2, 0.25) is 0 Å². The Bertz CT molecular complexity index is 386. The third kappa shape index (κ3) is 2.72. The summed E-state index contributed by atoms with van der Waals surface area (Å²) in [6.45, 7) is 5.55. The quantitative estimate of drug-likeness (QED) is 0.872. The number of hydrogen-bond acceptors (Lipinski definition) is 3. The van der Waals surface area contributed by atoms with E-state index in [1.807, 2.05) is 6.07 Å². The lowest BCUT2D eigenvalue weighted by Gasteiger charge is -2.27. The Morgan fingerprint density at radius 2 is 1.76 bits per heavy atom. The second-order valence-electron chi connectivity index (χ2n) is 4.72. The highest BCUT2D eigenvalue weighted by atomic mass is 16.6. The van der Waals surface area contributed by atoms with Gasteiger partial charge in [0.05, 0.1) is 0 Å². The van der Waals surface area contributed by atoms with E-state index < -0.39 is 0 Å². The predicted molar refractivity (Wildman–Crippen MR) is 68.6 cm³/mol. The summed E-state index contributed by atoms with van der Waals surface area (Å²) < 4.78 is 11.1. The summed E-state index contributed by atoms with van der Waals surface area (Å²) in [5.74, 6) is 1.69. The molecular weight excluding hydrogens is 214 g/mol. The lowest BCUT2D eigenvalue weighted by Crippen LogP contribution is -2.40. The number of rotatable bonds is 4. The summed E-state index contributed by atoms with van der Waals surface area (Å²) in [4.78, 5) is 0. The molecule has 0 radical (unpaired) electrons. The lowest BCUT2D eigenvalue weighted by atomic mass is 9.87. The topological polar surface area (TPSA) is 44.5 Å². The van der Waals surface area contributed by atoms with E-state index in [9.17, 15) is 0 Å². The highest BCUT2D eigenvalue weighted by Gasteiger charge is 2.22. The van der Waals surface area contributed by atoms with Crippen LogP contribution in [0.15, 0.2) is 18.2 Å². The molecule has 0 saturated carbocycles. The fourth-order valence-corrected chi connectivity index (χ4v) is 2.10. The normalized spacial score (nSPS) is 14.8. The van der Waals surface area contributed by atoms with Crippen molar-refractivity contribution in [3.8, 4) is 11.5 Å². The summed E-state index contributed by atoms with van der Waals surface area (Å²) in [5, 5.41) is 0. The van der Waals surface area contributed by atoms with Crippen LogP contribution in [0.3, 0.4) is 0 Å². The molecule has 1 aliphatic rings. The van der Waals surface area contributed by atoms with E-state index in [0.29, 0.717) is 13.2 Å². The van der Waals surface area contributed by atoms with Gasteiger partial charge in [-0.1, -0.05) is 19.9 Å². The summed E-state index contributed by atoms with van der Waals surface area (Å²) in [7, 11) is 0. The number of hydrogen-bond donors (Lipinski definition) is 1. The van der Waals surface area contributed by atoms with Crippen LogP contribution in [-0.2, 0) is 6.42 Å². The molecule has 1 aromatic carbocycles. The van der Waals surface area contributed by atoms with Crippen molar-refractivity contribution in [3.05, 3.63) is 23.8 Å².